The smallest absolute Gasteiger partial charge is 0.0153 e. The molecule has 0 bridgehead atoms. The second-order valence-corrected chi connectivity index (χ2v) is 3.50. The Morgan fingerprint density at radius 3 is 3.12 bits per heavy atom. The van der Waals surface area contributed by atoms with Crippen molar-refractivity contribution in [1.82, 2.24) is 5.32 Å². The van der Waals surface area contributed by atoms with E-state index in [2.05, 4.69) is 5.32 Å². The Labute approximate surface area is 56.7 Å². The molecule has 0 aromatic rings. The quantitative estimate of drug-likeness (QED) is 0.588. The summed E-state index contributed by atoms with van der Waals surface area (Å²) >= 11 is 4.82. The maximum atomic E-state index is 4.82. The highest BCUT2D eigenvalue weighted by atomic mass is 32.4. The summed E-state index contributed by atoms with van der Waals surface area (Å²) in [7, 11) is 1.12. The molecule has 1 aliphatic rings. The van der Waals surface area contributed by atoms with Gasteiger partial charge in [-0.25, -0.2) is 0 Å². The Balaban J connectivity index is 2.14. The van der Waals surface area contributed by atoms with Crippen LogP contribution in [-0.2, 0) is 11.8 Å². The molecule has 0 radical (unpaired) electrons. The largest absolute Gasteiger partial charge is 0.313 e. The average molecular weight is 147 g/mol. The fourth-order valence-corrected chi connectivity index (χ4v) is 2.03. The molecule has 1 aliphatic heterocycles. The molecule has 8 heavy (non-hydrogen) atoms. The predicted octanol–water partition coefficient (Wildman–Crippen LogP) is 1.15. The molecule has 1 fully saturated rings. The third kappa shape index (κ3) is 1.77. The average Bonchev–Trinajstić information content (AvgIpc) is 2.19. The van der Waals surface area contributed by atoms with E-state index in [4.69, 9.17) is 11.8 Å². The Kier molecular flexibility index (Phi) is 2.88. The molecule has 1 heterocycles. The number of hydrogen-bond donors (Lipinski definition) is 1. The van der Waals surface area contributed by atoms with Crippen LogP contribution in [0.15, 0.2) is 0 Å². The van der Waals surface area contributed by atoms with E-state index in [-0.39, 0.29) is 0 Å². The van der Waals surface area contributed by atoms with Crippen molar-refractivity contribution < 1.29 is 0 Å². The van der Waals surface area contributed by atoms with E-state index in [0.717, 1.165) is 19.6 Å². The Bertz CT molecular complexity index is 80.5. The molecular formula is C5H10NPS. The maximum Gasteiger partial charge on any atom is 0.0153 e. The van der Waals surface area contributed by atoms with Crippen molar-refractivity contribution in [3.8, 4) is 0 Å². The van der Waals surface area contributed by atoms with Crippen molar-refractivity contribution >= 4 is 19.2 Å². The molecule has 0 aliphatic carbocycles. The van der Waals surface area contributed by atoms with Crippen LogP contribution in [0.2, 0.25) is 0 Å². The van der Waals surface area contributed by atoms with E-state index in [0.29, 0.717) is 0 Å². The monoisotopic (exact) mass is 147 g/mol. The van der Waals surface area contributed by atoms with Gasteiger partial charge in [0.05, 0.1) is 0 Å². The first-order chi connectivity index (χ1) is 3.93. The van der Waals surface area contributed by atoms with Crippen molar-refractivity contribution in [3.63, 3.8) is 0 Å². The highest BCUT2D eigenvalue weighted by molar-refractivity contribution is 7.96. The third-order valence-corrected chi connectivity index (χ3v) is 2.49. The molecule has 3 heteroatoms. The summed E-state index contributed by atoms with van der Waals surface area (Å²) in [5.74, 6) is 0. The van der Waals surface area contributed by atoms with Gasteiger partial charge in [0.15, 0.2) is 0 Å². The van der Waals surface area contributed by atoms with Crippen molar-refractivity contribution in [1.29, 1.82) is 0 Å². The van der Waals surface area contributed by atoms with Gasteiger partial charge in [0.1, 0.15) is 0 Å². The molecule has 0 aromatic heterocycles. The minimum absolute atomic E-state index is 0.745. The summed E-state index contributed by atoms with van der Waals surface area (Å²) in [6.45, 7) is 1.20. The van der Waals surface area contributed by atoms with Gasteiger partial charge in [0, 0.05) is 12.2 Å². The van der Waals surface area contributed by atoms with Crippen molar-refractivity contribution in [2.24, 2.45) is 0 Å². The van der Waals surface area contributed by atoms with Crippen LogP contribution in [0, 0.1) is 0 Å². The van der Waals surface area contributed by atoms with Crippen molar-refractivity contribution in [2.75, 3.05) is 12.7 Å². The van der Waals surface area contributed by atoms with E-state index < -0.39 is 0 Å². The van der Waals surface area contributed by atoms with Gasteiger partial charge in [-0.2, -0.15) is 0 Å². The van der Waals surface area contributed by atoms with Crippen LogP contribution in [0.5, 0.6) is 0 Å². The van der Waals surface area contributed by atoms with Gasteiger partial charge in [-0.3, -0.25) is 0 Å². The van der Waals surface area contributed by atoms with Crippen LogP contribution >= 0.6 is 7.36 Å². The third-order valence-electron chi connectivity index (χ3n) is 1.46. The van der Waals surface area contributed by atoms with E-state index >= 15 is 0 Å². The summed E-state index contributed by atoms with van der Waals surface area (Å²) in [4.78, 5) is 0. The molecule has 0 saturated carbocycles. The van der Waals surface area contributed by atoms with E-state index in [9.17, 15) is 0 Å². The molecule has 1 atom stereocenters. The van der Waals surface area contributed by atoms with Crippen molar-refractivity contribution in [2.45, 2.75) is 18.9 Å². The second-order valence-electron chi connectivity index (χ2n) is 2.10. The lowest BCUT2D eigenvalue weighted by Crippen LogP contribution is -2.22. The van der Waals surface area contributed by atoms with Gasteiger partial charge in [-0.15, -0.1) is 0 Å². The first kappa shape index (κ1) is 6.60. The normalized spacial score (nSPS) is 29.2. The zero-order valence-electron chi connectivity index (χ0n) is 4.76. The lowest BCUT2D eigenvalue weighted by Gasteiger charge is -2.02. The van der Waals surface area contributed by atoms with Crippen LogP contribution < -0.4 is 5.32 Å². The fourth-order valence-electron chi connectivity index (χ4n) is 1.00. The Morgan fingerprint density at radius 2 is 2.62 bits per heavy atom. The lowest BCUT2D eigenvalue weighted by atomic mass is 10.3. The van der Waals surface area contributed by atoms with Gasteiger partial charge in [-0.1, -0.05) is 11.8 Å². The lowest BCUT2D eigenvalue weighted by molar-refractivity contribution is 0.674. The van der Waals surface area contributed by atoms with Crippen LogP contribution in [-0.4, -0.2) is 18.7 Å². The highest BCUT2D eigenvalue weighted by Crippen LogP contribution is 2.08. The standard InChI is InChI=1S/C5H10NPS/c8-7-4-5-2-1-3-6-5/h5-6H,1-4H2/t5-/m0/s1. The molecule has 46 valence electrons. The van der Waals surface area contributed by atoms with Gasteiger partial charge in [0.25, 0.3) is 0 Å². The highest BCUT2D eigenvalue weighted by Gasteiger charge is 2.11. The van der Waals surface area contributed by atoms with Crippen molar-refractivity contribution in [3.05, 3.63) is 0 Å². The first-order valence-electron chi connectivity index (χ1n) is 2.96. The predicted molar refractivity (Wildman–Crippen MR) is 40.2 cm³/mol. The maximum absolute atomic E-state index is 4.82. The number of rotatable bonds is 2. The zero-order valence-corrected chi connectivity index (χ0v) is 6.47. The molecule has 0 aromatic carbocycles. The van der Waals surface area contributed by atoms with E-state index in [1.165, 1.54) is 19.4 Å². The molecular weight excluding hydrogens is 137 g/mol. The summed E-state index contributed by atoms with van der Waals surface area (Å²) in [6.07, 6.45) is 3.84. The Hall–Kier alpha value is 0.480. The van der Waals surface area contributed by atoms with Gasteiger partial charge < -0.3 is 5.32 Å². The molecule has 0 spiro atoms. The SMILES string of the molecule is S=PC[C@@H]1CCCN1. The molecule has 1 rings (SSSR count). The topological polar surface area (TPSA) is 12.0 Å². The summed E-state index contributed by atoms with van der Waals surface area (Å²) in [5, 5.41) is 3.38. The molecule has 0 amide bonds. The van der Waals surface area contributed by atoms with Gasteiger partial charge >= 0.3 is 0 Å². The minimum Gasteiger partial charge on any atom is -0.313 e. The zero-order chi connectivity index (χ0) is 5.82. The fraction of sp³-hybridized carbons (Fsp3) is 1.00. The molecule has 1 saturated heterocycles. The summed E-state index contributed by atoms with van der Waals surface area (Å²) in [5.41, 5.74) is 0. The van der Waals surface area contributed by atoms with Crippen LogP contribution in [0.1, 0.15) is 12.8 Å². The van der Waals surface area contributed by atoms with E-state index in [1.54, 1.807) is 0 Å². The van der Waals surface area contributed by atoms with Gasteiger partial charge in [-0.05, 0) is 26.7 Å². The Morgan fingerprint density at radius 1 is 1.75 bits per heavy atom. The molecule has 0 unspecified atom stereocenters. The summed E-state index contributed by atoms with van der Waals surface area (Å²) in [6, 6.07) is 0.745. The number of nitrogens with one attached hydrogen (secondary N) is 1. The minimum atomic E-state index is 0.745. The summed E-state index contributed by atoms with van der Waals surface area (Å²) < 4.78 is 0. The van der Waals surface area contributed by atoms with Crippen LogP contribution in [0.25, 0.3) is 0 Å². The van der Waals surface area contributed by atoms with Gasteiger partial charge in [0.2, 0.25) is 0 Å². The van der Waals surface area contributed by atoms with Crippen LogP contribution in [0.4, 0.5) is 0 Å². The molecule has 1 nitrogen and oxygen atoms in total. The van der Waals surface area contributed by atoms with E-state index in [1.807, 2.05) is 0 Å². The van der Waals surface area contributed by atoms with Crippen LogP contribution in [0.3, 0.4) is 0 Å². The second kappa shape index (κ2) is 3.49. The first-order valence-corrected chi connectivity index (χ1v) is 5.05. The number of hydrogen-bond acceptors (Lipinski definition) is 2. The molecule has 1 N–H and O–H groups in total.